The van der Waals surface area contributed by atoms with Crippen molar-refractivity contribution >= 4 is 111 Å². The van der Waals surface area contributed by atoms with E-state index in [0.29, 0.717) is 0 Å². The SMILES string of the molecule is CC(C)(C)c1ccc(N2c3c(oc4ccc(C(C)(C)C)cc34)B3c4c(cc5c(oc6ccccc65)c42)-c2cc4c(cc2N3c2ccc(-c3ccccc3)cc2)sc2cc3c(cc24)C(C)(C)CCC3(C)C)cc1. The summed E-state index contributed by atoms with van der Waals surface area (Å²) in [4.78, 5) is 5.09. The lowest BCUT2D eigenvalue weighted by molar-refractivity contribution is 0.332. The van der Waals surface area contributed by atoms with Crippen molar-refractivity contribution in [3.05, 3.63) is 174 Å². The van der Waals surface area contributed by atoms with E-state index < -0.39 is 0 Å². The molecule has 354 valence electrons. The van der Waals surface area contributed by atoms with Gasteiger partial charge in [0, 0.05) is 59.0 Å². The van der Waals surface area contributed by atoms with E-state index in [9.17, 15) is 0 Å². The Hall–Kier alpha value is -7.02. The molecule has 11 aromatic rings. The highest BCUT2D eigenvalue weighted by atomic mass is 32.1. The van der Waals surface area contributed by atoms with Gasteiger partial charge >= 0.3 is 6.85 Å². The monoisotopic (exact) mass is 954 g/mol. The molecule has 0 N–H and O–H groups in total. The first-order valence-corrected chi connectivity index (χ1v) is 26.7. The van der Waals surface area contributed by atoms with Gasteiger partial charge in [-0.05, 0) is 152 Å². The van der Waals surface area contributed by atoms with Crippen molar-refractivity contribution in [2.45, 2.75) is 104 Å². The van der Waals surface area contributed by atoms with E-state index in [1.807, 2.05) is 11.3 Å². The average molecular weight is 955 g/mol. The fourth-order valence-electron chi connectivity index (χ4n) is 12.6. The number of thiophene rings is 1. The number of furan rings is 2. The van der Waals surface area contributed by atoms with Crippen molar-refractivity contribution in [2.75, 3.05) is 9.71 Å². The summed E-state index contributed by atoms with van der Waals surface area (Å²) in [7, 11) is 0. The highest BCUT2D eigenvalue weighted by molar-refractivity contribution is 7.25. The van der Waals surface area contributed by atoms with Crippen LogP contribution >= 0.6 is 11.3 Å². The summed E-state index contributed by atoms with van der Waals surface area (Å²) in [6, 6.07) is 57.2. The van der Waals surface area contributed by atoms with Gasteiger partial charge in [-0.15, -0.1) is 11.3 Å². The second-order valence-electron chi connectivity index (χ2n) is 24.4. The minimum Gasteiger partial charge on any atom is -0.466 e. The summed E-state index contributed by atoms with van der Waals surface area (Å²) in [5.74, 6) is 0. The number of hydrogen-bond donors (Lipinski definition) is 0. The first-order chi connectivity index (χ1) is 34.4. The van der Waals surface area contributed by atoms with E-state index in [0.717, 1.165) is 61.3 Å². The van der Waals surface area contributed by atoms with Crippen LogP contribution in [-0.4, -0.2) is 6.85 Å². The molecule has 6 heteroatoms. The maximum absolute atomic E-state index is 7.49. The fourth-order valence-corrected chi connectivity index (χ4v) is 13.7. The Labute approximate surface area is 427 Å². The molecule has 4 nitrogen and oxygen atoms in total. The molecular weight excluding hydrogens is 896 g/mol. The van der Waals surface area contributed by atoms with E-state index in [2.05, 4.69) is 231 Å². The van der Waals surface area contributed by atoms with E-state index >= 15 is 0 Å². The van der Waals surface area contributed by atoms with Gasteiger partial charge in [0.2, 0.25) is 0 Å². The average Bonchev–Trinajstić information content (AvgIpc) is 4.05. The molecule has 3 aliphatic rings. The summed E-state index contributed by atoms with van der Waals surface area (Å²) in [6.45, 7) is 23.2. The highest BCUT2D eigenvalue weighted by Crippen LogP contribution is 2.55. The molecule has 0 unspecified atom stereocenters. The molecule has 0 atom stereocenters. The molecule has 5 heterocycles. The number of benzene rings is 8. The lowest BCUT2D eigenvalue weighted by Crippen LogP contribution is -2.61. The molecule has 0 saturated heterocycles. The van der Waals surface area contributed by atoms with Gasteiger partial charge in [-0.25, -0.2) is 0 Å². The predicted octanol–water partition coefficient (Wildman–Crippen LogP) is 18.0. The highest BCUT2D eigenvalue weighted by Gasteiger charge is 2.50. The van der Waals surface area contributed by atoms with Crippen molar-refractivity contribution in [3.63, 3.8) is 0 Å². The maximum Gasteiger partial charge on any atom is 0.376 e. The van der Waals surface area contributed by atoms with Gasteiger partial charge in [-0.2, -0.15) is 0 Å². The molecule has 8 aromatic carbocycles. The number of para-hydroxylation sites is 1. The minimum absolute atomic E-state index is 0.0127. The predicted molar refractivity (Wildman–Crippen MR) is 308 cm³/mol. The van der Waals surface area contributed by atoms with E-state index in [4.69, 9.17) is 8.83 Å². The molecule has 14 rings (SSSR count). The number of fused-ring (bicyclic) bond motifs is 14. The van der Waals surface area contributed by atoms with Crippen LogP contribution in [0.4, 0.5) is 28.4 Å². The number of anilines is 5. The van der Waals surface area contributed by atoms with Crippen LogP contribution in [0, 0.1) is 0 Å². The van der Waals surface area contributed by atoms with Crippen LogP contribution in [0.5, 0.6) is 0 Å². The molecule has 0 radical (unpaired) electrons. The third-order valence-corrected chi connectivity index (χ3v) is 17.9. The number of nitrogens with zero attached hydrogens (tertiary/aromatic N) is 2. The van der Waals surface area contributed by atoms with Crippen molar-refractivity contribution < 1.29 is 8.83 Å². The Morgan fingerprint density at radius 3 is 1.82 bits per heavy atom. The lowest BCUT2D eigenvalue weighted by Gasteiger charge is -2.43. The molecule has 0 saturated carbocycles. The largest absolute Gasteiger partial charge is 0.466 e. The summed E-state index contributed by atoms with van der Waals surface area (Å²) >= 11 is 1.94. The topological polar surface area (TPSA) is 32.8 Å². The summed E-state index contributed by atoms with van der Waals surface area (Å²) in [6.07, 6.45) is 2.36. The van der Waals surface area contributed by atoms with Crippen LogP contribution in [0.2, 0.25) is 0 Å². The second-order valence-corrected chi connectivity index (χ2v) is 25.5. The van der Waals surface area contributed by atoms with Crippen LogP contribution in [0.3, 0.4) is 0 Å². The van der Waals surface area contributed by atoms with Crippen LogP contribution in [0.15, 0.2) is 160 Å². The standard InChI is InChI=1S/C66H59BN2O2S/c1-63(2,3)40-22-27-42(28-23-40)68-59-50-32-41(64(4,5)6)24-29-55(50)71-62(59)67-58-48(34-49-44-18-14-15-19-54(44)70-61(49)60(58)68)45-33-46-47-35-51-52(66(9,10)31-30-65(51,7)8)36-56(47)72-57(46)37-53(45)69(67)43-25-20-39(21-26-43)38-16-12-11-13-17-38/h11-29,32-37H,30-31H2,1-10H3. The Morgan fingerprint density at radius 2 is 1.10 bits per heavy atom. The lowest BCUT2D eigenvalue weighted by atomic mass is 9.45. The summed E-state index contributed by atoms with van der Waals surface area (Å²) in [5, 5.41) is 5.98. The maximum atomic E-state index is 7.49. The first-order valence-electron chi connectivity index (χ1n) is 25.9. The second kappa shape index (κ2) is 14.8. The zero-order valence-corrected chi connectivity index (χ0v) is 43.9. The zero-order valence-electron chi connectivity index (χ0n) is 43.0. The molecule has 3 aromatic heterocycles. The zero-order chi connectivity index (χ0) is 49.4. The van der Waals surface area contributed by atoms with Gasteiger partial charge in [0.1, 0.15) is 16.8 Å². The van der Waals surface area contributed by atoms with Gasteiger partial charge in [0.15, 0.2) is 5.58 Å². The normalized spacial score (nSPS) is 15.9. The van der Waals surface area contributed by atoms with Gasteiger partial charge in [0.25, 0.3) is 0 Å². The van der Waals surface area contributed by atoms with Crippen LogP contribution in [-0.2, 0) is 21.7 Å². The summed E-state index contributed by atoms with van der Waals surface area (Å²) < 4.78 is 17.4. The summed E-state index contributed by atoms with van der Waals surface area (Å²) in [5.41, 5.74) is 20.7. The molecular formula is C66H59BN2O2S. The Bertz CT molecular complexity index is 4060. The van der Waals surface area contributed by atoms with E-state index in [1.54, 1.807) is 0 Å². The quantitative estimate of drug-likeness (QED) is 0.165. The third kappa shape index (κ3) is 6.30. The molecule has 0 spiro atoms. The fraction of sp³-hybridized carbons (Fsp3) is 0.242. The number of hydrogen-bond acceptors (Lipinski definition) is 5. The smallest absolute Gasteiger partial charge is 0.376 e. The molecule has 72 heavy (non-hydrogen) atoms. The minimum atomic E-state index is -0.339. The Morgan fingerprint density at radius 1 is 0.500 bits per heavy atom. The molecule has 0 fully saturated rings. The van der Waals surface area contributed by atoms with Crippen LogP contribution < -0.4 is 20.8 Å². The van der Waals surface area contributed by atoms with Crippen molar-refractivity contribution in [2.24, 2.45) is 0 Å². The van der Waals surface area contributed by atoms with E-state index in [-0.39, 0.29) is 28.5 Å². The van der Waals surface area contributed by atoms with Gasteiger partial charge < -0.3 is 18.5 Å². The van der Waals surface area contributed by atoms with Crippen molar-refractivity contribution in [1.82, 2.24) is 0 Å². The van der Waals surface area contributed by atoms with Crippen LogP contribution in [0.25, 0.3) is 75.3 Å². The number of rotatable bonds is 3. The van der Waals surface area contributed by atoms with Gasteiger partial charge in [0.05, 0.1) is 11.4 Å². The third-order valence-electron chi connectivity index (χ3n) is 16.8. The van der Waals surface area contributed by atoms with Gasteiger partial charge in [-0.1, -0.05) is 148 Å². The van der Waals surface area contributed by atoms with E-state index in [1.165, 1.54) is 88.7 Å². The molecule has 0 amide bonds. The Balaban J connectivity index is 1.13. The Kier molecular flexibility index (Phi) is 8.99. The van der Waals surface area contributed by atoms with Crippen molar-refractivity contribution in [3.8, 4) is 22.3 Å². The first kappa shape index (κ1) is 43.7. The molecule has 2 aliphatic heterocycles. The van der Waals surface area contributed by atoms with Gasteiger partial charge in [-0.3, -0.25) is 0 Å². The van der Waals surface area contributed by atoms with Crippen molar-refractivity contribution in [1.29, 1.82) is 0 Å². The van der Waals surface area contributed by atoms with Crippen LogP contribution in [0.1, 0.15) is 104 Å². The molecule has 0 bridgehead atoms. The molecule has 1 aliphatic carbocycles.